The number of halogens is 1. The molecule has 0 unspecified atom stereocenters. The summed E-state index contributed by atoms with van der Waals surface area (Å²) in [6, 6.07) is 1.40. The van der Waals surface area contributed by atoms with Crippen molar-refractivity contribution in [3.63, 3.8) is 0 Å². The van der Waals surface area contributed by atoms with Crippen molar-refractivity contribution < 1.29 is 13.2 Å². The highest BCUT2D eigenvalue weighted by Gasteiger charge is 2.26. The average Bonchev–Trinajstić information content (AvgIpc) is 2.80. The zero-order chi connectivity index (χ0) is 14.9. The normalized spacial score (nSPS) is 17.4. The van der Waals surface area contributed by atoms with E-state index in [4.69, 9.17) is 10.7 Å². The molecule has 1 aromatic heterocycles. The highest BCUT2D eigenvalue weighted by Crippen LogP contribution is 2.30. The molecule has 1 saturated heterocycles. The molecule has 0 spiro atoms. The van der Waals surface area contributed by atoms with E-state index < -0.39 is 9.05 Å². The molecule has 20 heavy (non-hydrogen) atoms. The van der Waals surface area contributed by atoms with Crippen molar-refractivity contribution in [1.29, 1.82) is 0 Å². The zero-order valence-corrected chi connectivity index (χ0v) is 13.9. The molecule has 4 nitrogen and oxygen atoms in total. The number of rotatable bonds is 3. The van der Waals surface area contributed by atoms with Crippen molar-refractivity contribution in [3.05, 3.63) is 15.8 Å². The Kier molecular flexibility index (Phi) is 4.76. The number of nitrogens with zero attached hydrogens (tertiary/aromatic N) is 1. The summed E-state index contributed by atoms with van der Waals surface area (Å²) in [4.78, 5) is 15.3. The van der Waals surface area contributed by atoms with Gasteiger partial charge in [0.05, 0.1) is 9.77 Å². The second kappa shape index (κ2) is 6.03. The number of carbonyl (C=O) groups excluding carboxylic acids is 1. The van der Waals surface area contributed by atoms with Crippen LogP contribution in [0.15, 0.2) is 11.0 Å². The Bertz CT molecular complexity index is 601. The van der Waals surface area contributed by atoms with E-state index in [0.29, 0.717) is 15.7 Å². The second-order valence-electron chi connectivity index (χ2n) is 5.11. The Morgan fingerprint density at radius 1 is 1.45 bits per heavy atom. The molecule has 1 aromatic rings. The Morgan fingerprint density at radius 3 is 2.50 bits per heavy atom. The Hall–Kier alpha value is -0.590. The van der Waals surface area contributed by atoms with Gasteiger partial charge in [0.2, 0.25) is 0 Å². The molecule has 0 atom stereocenters. The van der Waals surface area contributed by atoms with Gasteiger partial charge in [-0.1, -0.05) is 13.3 Å². The van der Waals surface area contributed by atoms with E-state index in [0.717, 1.165) is 32.4 Å². The van der Waals surface area contributed by atoms with Crippen molar-refractivity contribution in [1.82, 2.24) is 4.90 Å². The van der Waals surface area contributed by atoms with Crippen LogP contribution >= 0.6 is 22.0 Å². The summed E-state index contributed by atoms with van der Waals surface area (Å²) < 4.78 is 22.8. The molecule has 2 heterocycles. The van der Waals surface area contributed by atoms with Crippen molar-refractivity contribution in [3.8, 4) is 0 Å². The Morgan fingerprint density at radius 2 is 2.05 bits per heavy atom. The molecular formula is C13H18ClNO3S2. The molecule has 0 bridgehead atoms. The van der Waals surface area contributed by atoms with Crippen molar-refractivity contribution in [2.24, 2.45) is 5.92 Å². The molecule has 0 radical (unpaired) electrons. The standard InChI is InChI=1S/C13H18ClNO3S2/c1-3-10-4-6-15(7-5-10)13(16)11-8-12(9(2)19-11)20(14,17)18/h8,10H,3-7H2,1-2H3. The van der Waals surface area contributed by atoms with Gasteiger partial charge in [-0.05, 0) is 31.7 Å². The monoisotopic (exact) mass is 335 g/mol. The molecule has 2 rings (SSSR count). The molecule has 1 aliphatic heterocycles. The summed E-state index contributed by atoms with van der Waals surface area (Å²) in [6.07, 6.45) is 3.19. The average molecular weight is 336 g/mol. The largest absolute Gasteiger partial charge is 0.338 e. The first-order valence-electron chi connectivity index (χ1n) is 6.67. The smallest absolute Gasteiger partial charge is 0.263 e. The van der Waals surface area contributed by atoms with Gasteiger partial charge in [0.15, 0.2) is 0 Å². The van der Waals surface area contributed by atoms with Gasteiger partial charge in [-0.2, -0.15) is 0 Å². The van der Waals surface area contributed by atoms with Crippen LogP contribution in [0.3, 0.4) is 0 Å². The molecule has 7 heteroatoms. The summed E-state index contributed by atoms with van der Waals surface area (Å²) in [5.74, 6) is 0.613. The van der Waals surface area contributed by atoms with Crippen molar-refractivity contribution in [2.45, 2.75) is 38.0 Å². The van der Waals surface area contributed by atoms with Crippen LogP contribution in [0.4, 0.5) is 0 Å². The fourth-order valence-corrected chi connectivity index (χ4v) is 5.14. The summed E-state index contributed by atoms with van der Waals surface area (Å²) >= 11 is 1.19. The van der Waals surface area contributed by atoms with Gasteiger partial charge in [-0.15, -0.1) is 11.3 Å². The number of likely N-dealkylation sites (tertiary alicyclic amines) is 1. The lowest BCUT2D eigenvalue weighted by molar-refractivity contribution is 0.0693. The van der Waals surface area contributed by atoms with E-state index in [2.05, 4.69) is 6.92 Å². The predicted octanol–water partition coefficient (Wildman–Crippen LogP) is 3.25. The van der Waals surface area contributed by atoms with Crippen LogP contribution < -0.4 is 0 Å². The second-order valence-corrected chi connectivity index (χ2v) is 8.90. The van der Waals surface area contributed by atoms with Crippen LogP contribution in [0.25, 0.3) is 0 Å². The fraction of sp³-hybridized carbons (Fsp3) is 0.615. The SMILES string of the molecule is CCC1CCN(C(=O)c2cc(S(=O)(=O)Cl)c(C)s2)CC1. The van der Waals surface area contributed by atoms with Gasteiger partial charge in [0.25, 0.3) is 15.0 Å². The lowest BCUT2D eigenvalue weighted by Crippen LogP contribution is -2.38. The van der Waals surface area contributed by atoms with E-state index in [1.54, 1.807) is 6.92 Å². The highest BCUT2D eigenvalue weighted by molar-refractivity contribution is 8.13. The minimum absolute atomic E-state index is 0.0518. The molecule has 0 N–H and O–H groups in total. The lowest BCUT2D eigenvalue weighted by Gasteiger charge is -2.31. The minimum Gasteiger partial charge on any atom is -0.338 e. The maximum atomic E-state index is 12.4. The third kappa shape index (κ3) is 3.35. The number of hydrogen-bond acceptors (Lipinski definition) is 4. The lowest BCUT2D eigenvalue weighted by atomic mass is 9.94. The molecule has 1 fully saturated rings. The van der Waals surface area contributed by atoms with E-state index in [-0.39, 0.29) is 10.8 Å². The van der Waals surface area contributed by atoms with Crippen LogP contribution in [-0.4, -0.2) is 32.3 Å². The van der Waals surface area contributed by atoms with Gasteiger partial charge in [0.1, 0.15) is 0 Å². The van der Waals surface area contributed by atoms with E-state index in [1.165, 1.54) is 17.4 Å². The third-order valence-electron chi connectivity index (χ3n) is 3.82. The van der Waals surface area contributed by atoms with Crippen molar-refractivity contribution in [2.75, 3.05) is 13.1 Å². The number of aryl methyl sites for hydroxylation is 1. The van der Waals surface area contributed by atoms with E-state index in [1.807, 2.05) is 4.90 Å². The van der Waals surface area contributed by atoms with E-state index >= 15 is 0 Å². The molecular weight excluding hydrogens is 318 g/mol. The topological polar surface area (TPSA) is 54.5 Å². The number of piperidine rings is 1. The van der Waals surface area contributed by atoms with E-state index in [9.17, 15) is 13.2 Å². The Balaban J connectivity index is 2.15. The van der Waals surface area contributed by atoms with Gasteiger partial charge in [0, 0.05) is 28.6 Å². The molecule has 0 aromatic carbocycles. The summed E-state index contributed by atoms with van der Waals surface area (Å²) in [5.41, 5.74) is 0. The van der Waals surface area contributed by atoms with Crippen LogP contribution in [0.1, 0.15) is 40.7 Å². The van der Waals surface area contributed by atoms with Gasteiger partial charge in [-0.3, -0.25) is 4.79 Å². The van der Waals surface area contributed by atoms with Crippen LogP contribution in [0.2, 0.25) is 0 Å². The predicted molar refractivity (Wildman–Crippen MR) is 81.0 cm³/mol. The van der Waals surface area contributed by atoms with Gasteiger partial charge >= 0.3 is 0 Å². The quantitative estimate of drug-likeness (QED) is 0.797. The highest BCUT2D eigenvalue weighted by atomic mass is 35.7. The van der Waals surface area contributed by atoms with Crippen LogP contribution in [0.5, 0.6) is 0 Å². The number of amides is 1. The first kappa shape index (κ1) is 15.8. The zero-order valence-electron chi connectivity index (χ0n) is 11.6. The minimum atomic E-state index is -3.78. The maximum Gasteiger partial charge on any atom is 0.263 e. The first-order valence-corrected chi connectivity index (χ1v) is 9.80. The number of carbonyl (C=O) groups is 1. The molecule has 0 saturated carbocycles. The summed E-state index contributed by atoms with van der Waals surface area (Å²) in [7, 11) is 1.58. The van der Waals surface area contributed by atoms with Crippen LogP contribution in [0, 0.1) is 12.8 Å². The maximum absolute atomic E-state index is 12.4. The van der Waals surface area contributed by atoms with Crippen LogP contribution in [-0.2, 0) is 9.05 Å². The van der Waals surface area contributed by atoms with Gasteiger partial charge < -0.3 is 4.90 Å². The number of thiophene rings is 1. The molecule has 0 aliphatic carbocycles. The van der Waals surface area contributed by atoms with Crippen molar-refractivity contribution >= 4 is 37.0 Å². The fourth-order valence-electron chi connectivity index (χ4n) is 2.51. The first-order chi connectivity index (χ1) is 9.32. The molecule has 112 valence electrons. The van der Waals surface area contributed by atoms with Gasteiger partial charge in [-0.25, -0.2) is 8.42 Å². The summed E-state index contributed by atoms with van der Waals surface area (Å²) in [5, 5.41) is 0. The molecule has 1 amide bonds. The third-order valence-corrected chi connectivity index (χ3v) is 6.44. The number of hydrogen-bond donors (Lipinski definition) is 0. The summed E-state index contributed by atoms with van der Waals surface area (Å²) in [6.45, 7) is 5.33. The molecule has 1 aliphatic rings. The Labute approximate surface area is 128 Å².